The quantitative estimate of drug-likeness (QED) is 0.444. The van der Waals surface area contributed by atoms with Gasteiger partial charge in [-0.25, -0.2) is 4.79 Å². The number of rotatable bonds is 5. The largest absolute Gasteiger partial charge is 0.507 e. The number of aliphatic hydroxyl groups excluding tert-OH is 3. The van der Waals surface area contributed by atoms with Crippen LogP contribution in [0.4, 0.5) is 0 Å². The SMILES string of the molecule is COc1cc(O)c2c(c1)[C@@H](O)[C@H](C[C@H](O)[C@H](O)[C@]1(O)CCC[C@H](C)O1)OC2=O. The standard InChI is InChI=1S/C19H26O9/c1-9-4-3-5-19(25,28-9)17(23)13(21)8-14-16(22)11-6-10(26-2)7-12(20)15(11)18(24)27-14/h6-7,9,13-14,16-17,20-23,25H,3-5,8H2,1-2H3/t9-,13-,14-,16+,17-,19-/m0/s1. The van der Waals surface area contributed by atoms with Crippen molar-refractivity contribution in [3.8, 4) is 11.5 Å². The second-order valence-corrected chi connectivity index (χ2v) is 7.41. The number of ether oxygens (including phenoxy) is 3. The van der Waals surface area contributed by atoms with Crippen LogP contribution in [-0.4, -0.2) is 68.8 Å². The van der Waals surface area contributed by atoms with E-state index in [0.29, 0.717) is 6.42 Å². The third-order valence-electron chi connectivity index (χ3n) is 5.34. The van der Waals surface area contributed by atoms with Crippen LogP contribution in [0, 0.1) is 0 Å². The average Bonchev–Trinajstić information content (AvgIpc) is 2.64. The molecule has 1 fully saturated rings. The Labute approximate surface area is 162 Å². The van der Waals surface area contributed by atoms with Gasteiger partial charge in [0, 0.05) is 24.5 Å². The molecule has 0 saturated carbocycles. The van der Waals surface area contributed by atoms with E-state index in [0.717, 1.165) is 6.42 Å². The zero-order valence-electron chi connectivity index (χ0n) is 15.7. The van der Waals surface area contributed by atoms with Gasteiger partial charge in [0.25, 0.3) is 0 Å². The Bertz CT molecular complexity index is 736. The molecule has 0 radical (unpaired) electrons. The number of hydrogen-bond acceptors (Lipinski definition) is 9. The van der Waals surface area contributed by atoms with Gasteiger partial charge in [-0.05, 0) is 25.8 Å². The highest BCUT2D eigenvalue weighted by molar-refractivity contribution is 5.95. The molecule has 2 aliphatic heterocycles. The molecule has 0 spiro atoms. The van der Waals surface area contributed by atoms with Crippen LogP contribution in [0.15, 0.2) is 12.1 Å². The lowest BCUT2D eigenvalue weighted by Gasteiger charge is -2.41. The number of methoxy groups -OCH3 is 1. The predicted octanol–water partition coefficient (Wildman–Crippen LogP) is 0.363. The first-order valence-electron chi connectivity index (χ1n) is 9.22. The molecule has 0 amide bonds. The maximum Gasteiger partial charge on any atom is 0.342 e. The molecule has 156 valence electrons. The summed E-state index contributed by atoms with van der Waals surface area (Å²) < 4.78 is 15.6. The van der Waals surface area contributed by atoms with Gasteiger partial charge in [0.1, 0.15) is 35.4 Å². The minimum atomic E-state index is -1.92. The topological polar surface area (TPSA) is 146 Å². The molecular weight excluding hydrogens is 372 g/mol. The summed E-state index contributed by atoms with van der Waals surface area (Å²) in [6, 6.07) is 2.62. The van der Waals surface area contributed by atoms with Crippen LogP contribution in [0.5, 0.6) is 11.5 Å². The van der Waals surface area contributed by atoms with Crippen molar-refractivity contribution in [3.05, 3.63) is 23.3 Å². The van der Waals surface area contributed by atoms with Gasteiger partial charge in [-0.2, -0.15) is 0 Å². The summed E-state index contributed by atoms with van der Waals surface area (Å²) in [5, 5.41) is 52.0. The first kappa shape index (κ1) is 20.8. The van der Waals surface area contributed by atoms with Crippen LogP contribution >= 0.6 is 0 Å². The Kier molecular flexibility index (Phi) is 5.83. The summed E-state index contributed by atoms with van der Waals surface area (Å²) in [5.74, 6) is -2.94. The number of aliphatic hydroxyl groups is 4. The number of carbonyl (C=O) groups is 1. The molecule has 5 N–H and O–H groups in total. The Hall–Kier alpha value is -1.91. The van der Waals surface area contributed by atoms with E-state index < -0.39 is 41.9 Å². The van der Waals surface area contributed by atoms with Crippen LogP contribution < -0.4 is 4.74 Å². The first-order chi connectivity index (χ1) is 13.2. The number of esters is 1. The van der Waals surface area contributed by atoms with Gasteiger partial charge in [0.2, 0.25) is 0 Å². The molecule has 6 atom stereocenters. The Morgan fingerprint density at radius 2 is 2.07 bits per heavy atom. The van der Waals surface area contributed by atoms with E-state index in [1.165, 1.54) is 19.2 Å². The van der Waals surface area contributed by atoms with Gasteiger partial charge < -0.3 is 39.7 Å². The highest BCUT2D eigenvalue weighted by Gasteiger charge is 2.46. The summed E-state index contributed by atoms with van der Waals surface area (Å²) >= 11 is 0. The van der Waals surface area contributed by atoms with Crippen molar-refractivity contribution in [2.45, 2.75) is 68.9 Å². The average molecular weight is 398 g/mol. The molecular formula is C19H26O9. The van der Waals surface area contributed by atoms with Crippen LogP contribution in [0.2, 0.25) is 0 Å². The van der Waals surface area contributed by atoms with E-state index in [4.69, 9.17) is 14.2 Å². The molecule has 28 heavy (non-hydrogen) atoms. The van der Waals surface area contributed by atoms with Gasteiger partial charge in [-0.1, -0.05) is 0 Å². The second-order valence-electron chi connectivity index (χ2n) is 7.41. The number of benzene rings is 1. The van der Waals surface area contributed by atoms with Crippen LogP contribution in [0.25, 0.3) is 0 Å². The lowest BCUT2D eigenvalue weighted by atomic mass is 9.88. The summed E-state index contributed by atoms with van der Waals surface area (Å²) in [4.78, 5) is 12.3. The molecule has 0 aliphatic carbocycles. The fourth-order valence-corrected chi connectivity index (χ4v) is 3.83. The fraction of sp³-hybridized carbons (Fsp3) is 0.632. The van der Waals surface area contributed by atoms with E-state index in [-0.39, 0.29) is 35.8 Å². The Morgan fingerprint density at radius 3 is 2.71 bits per heavy atom. The number of fused-ring (bicyclic) bond motifs is 1. The molecule has 9 heteroatoms. The maximum absolute atomic E-state index is 12.3. The van der Waals surface area contributed by atoms with Gasteiger partial charge in [0.15, 0.2) is 5.79 Å². The van der Waals surface area contributed by atoms with E-state index in [9.17, 15) is 30.3 Å². The van der Waals surface area contributed by atoms with E-state index in [1.807, 2.05) is 0 Å². The van der Waals surface area contributed by atoms with E-state index >= 15 is 0 Å². The Morgan fingerprint density at radius 1 is 1.36 bits per heavy atom. The predicted molar refractivity (Wildman–Crippen MR) is 94.8 cm³/mol. The minimum absolute atomic E-state index is 0.0982. The smallest absolute Gasteiger partial charge is 0.342 e. The van der Waals surface area contributed by atoms with Crippen molar-refractivity contribution < 1.29 is 44.5 Å². The first-order valence-corrected chi connectivity index (χ1v) is 9.22. The second kappa shape index (κ2) is 7.84. The van der Waals surface area contributed by atoms with Crippen molar-refractivity contribution >= 4 is 5.97 Å². The van der Waals surface area contributed by atoms with Crippen molar-refractivity contribution in [3.63, 3.8) is 0 Å². The molecule has 0 bridgehead atoms. The molecule has 1 aromatic rings. The summed E-state index contributed by atoms with van der Waals surface area (Å²) in [6.45, 7) is 1.76. The number of phenolic OH excluding ortho intramolecular Hbond substituents is 1. The lowest BCUT2D eigenvalue weighted by Crippen LogP contribution is -2.55. The molecule has 2 aliphatic rings. The zero-order chi connectivity index (χ0) is 20.6. The van der Waals surface area contributed by atoms with Gasteiger partial charge in [-0.3, -0.25) is 0 Å². The normalized spacial score (nSPS) is 32.2. The molecule has 0 aromatic heterocycles. The van der Waals surface area contributed by atoms with Crippen molar-refractivity contribution in [1.82, 2.24) is 0 Å². The molecule has 3 rings (SSSR count). The lowest BCUT2D eigenvalue weighted by molar-refractivity contribution is -0.308. The van der Waals surface area contributed by atoms with Crippen LogP contribution in [0.3, 0.4) is 0 Å². The van der Waals surface area contributed by atoms with Gasteiger partial charge in [0.05, 0.1) is 19.3 Å². The van der Waals surface area contributed by atoms with Crippen molar-refractivity contribution in [2.75, 3.05) is 7.11 Å². The Balaban J connectivity index is 1.78. The number of phenols is 1. The maximum atomic E-state index is 12.3. The van der Waals surface area contributed by atoms with Crippen molar-refractivity contribution in [1.29, 1.82) is 0 Å². The monoisotopic (exact) mass is 398 g/mol. The van der Waals surface area contributed by atoms with Gasteiger partial charge in [-0.15, -0.1) is 0 Å². The van der Waals surface area contributed by atoms with E-state index in [2.05, 4.69) is 0 Å². The number of cyclic esters (lactones) is 1. The fourth-order valence-electron chi connectivity index (χ4n) is 3.83. The number of hydrogen-bond donors (Lipinski definition) is 5. The third kappa shape index (κ3) is 3.81. The van der Waals surface area contributed by atoms with Crippen LogP contribution in [0.1, 0.15) is 54.6 Å². The summed E-state index contributed by atoms with van der Waals surface area (Å²) in [6.07, 6.45) is -4.86. The van der Waals surface area contributed by atoms with E-state index in [1.54, 1.807) is 6.92 Å². The molecule has 0 unspecified atom stereocenters. The number of carbonyl (C=O) groups excluding carboxylic acids is 1. The van der Waals surface area contributed by atoms with Crippen molar-refractivity contribution in [2.24, 2.45) is 0 Å². The number of aromatic hydroxyl groups is 1. The summed E-state index contributed by atoms with van der Waals surface area (Å²) in [5.41, 5.74) is -0.0799. The minimum Gasteiger partial charge on any atom is -0.507 e. The highest BCUT2D eigenvalue weighted by atomic mass is 16.6. The zero-order valence-corrected chi connectivity index (χ0v) is 15.7. The van der Waals surface area contributed by atoms with Crippen LogP contribution in [-0.2, 0) is 9.47 Å². The molecule has 1 aromatic carbocycles. The molecule has 9 nitrogen and oxygen atoms in total. The molecule has 2 heterocycles. The third-order valence-corrected chi connectivity index (χ3v) is 5.34. The van der Waals surface area contributed by atoms with Gasteiger partial charge >= 0.3 is 5.97 Å². The molecule has 1 saturated heterocycles. The summed E-state index contributed by atoms with van der Waals surface area (Å²) in [7, 11) is 1.37. The highest BCUT2D eigenvalue weighted by Crippen LogP contribution is 2.40.